The molecule has 0 bridgehead atoms. The Morgan fingerprint density at radius 1 is 0.933 bits per heavy atom. The molecule has 1 aromatic heterocycles. The molecule has 0 radical (unpaired) electrons. The highest BCUT2D eigenvalue weighted by Crippen LogP contribution is 2.19. The summed E-state index contributed by atoms with van der Waals surface area (Å²) in [6.45, 7) is 2.02. The van der Waals surface area contributed by atoms with Gasteiger partial charge in [-0.05, 0) is 19.1 Å². The van der Waals surface area contributed by atoms with Gasteiger partial charge in [0.05, 0.1) is 0 Å². The standard InChI is InChI=1S/C12H11NO2/c1-10-2-4-11(5-3-10)15-12-6-8-13(14)9-7-12/h2-9H,1H3. The lowest BCUT2D eigenvalue weighted by atomic mass is 10.2. The number of hydrogen-bond acceptors (Lipinski definition) is 2. The van der Waals surface area contributed by atoms with Crippen LogP contribution in [0, 0.1) is 12.1 Å². The maximum absolute atomic E-state index is 10.8. The maximum Gasteiger partial charge on any atom is 0.184 e. The van der Waals surface area contributed by atoms with Crippen molar-refractivity contribution in [2.45, 2.75) is 6.92 Å². The van der Waals surface area contributed by atoms with E-state index in [4.69, 9.17) is 4.74 Å². The number of rotatable bonds is 2. The average molecular weight is 201 g/mol. The summed E-state index contributed by atoms with van der Waals surface area (Å²) in [4.78, 5) is 0. The Kier molecular flexibility index (Phi) is 2.54. The molecule has 0 aliphatic rings. The van der Waals surface area contributed by atoms with Gasteiger partial charge in [-0.1, -0.05) is 17.7 Å². The Hall–Kier alpha value is -2.03. The van der Waals surface area contributed by atoms with E-state index in [0.29, 0.717) is 5.75 Å². The van der Waals surface area contributed by atoms with E-state index in [9.17, 15) is 5.21 Å². The summed E-state index contributed by atoms with van der Waals surface area (Å²) in [5, 5.41) is 10.8. The van der Waals surface area contributed by atoms with Crippen molar-refractivity contribution in [3.8, 4) is 11.5 Å². The molecule has 0 saturated heterocycles. The molecular formula is C12H11NO2. The molecule has 0 spiro atoms. The average Bonchev–Trinajstić information content (AvgIpc) is 2.25. The highest BCUT2D eigenvalue weighted by Gasteiger charge is 1.97. The van der Waals surface area contributed by atoms with Crippen molar-refractivity contribution in [2.75, 3.05) is 0 Å². The van der Waals surface area contributed by atoms with Crippen molar-refractivity contribution in [2.24, 2.45) is 0 Å². The van der Waals surface area contributed by atoms with E-state index in [1.54, 1.807) is 12.1 Å². The second-order valence-corrected chi connectivity index (χ2v) is 3.31. The van der Waals surface area contributed by atoms with Crippen LogP contribution in [0.2, 0.25) is 0 Å². The first-order valence-corrected chi connectivity index (χ1v) is 4.67. The first-order valence-electron chi connectivity index (χ1n) is 4.67. The van der Waals surface area contributed by atoms with Gasteiger partial charge in [0.1, 0.15) is 11.5 Å². The molecule has 0 fully saturated rings. The summed E-state index contributed by atoms with van der Waals surface area (Å²) >= 11 is 0. The van der Waals surface area contributed by atoms with Gasteiger partial charge in [0.25, 0.3) is 0 Å². The number of hydrogen-bond donors (Lipinski definition) is 0. The van der Waals surface area contributed by atoms with Gasteiger partial charge in [0, 0.05) is 12.1 Å². The molecule has 15 heavy (non-hydrogen) atoms. The Bertz CT molecular complexity index is 391. The SMILES string of the molecule is Cc1ccc(Oc2cc[n+]([O-])cc2)cc1. The van der Waals surface area contributed by atoms with Gasteiger partial charge in [-0.25, -0.2) is 0 Å². The molecule has 0 aliphatic carbocycles. The van der Waals surface area contributed by atoms with Crippen LogP contribution in [-0.2, 0) is 0 Å². The van der Waals surface area contributed by atoms with Crippen molar-refractivity contribution in [1.29, 1.82) is 0 Å². The van der Waals surface area contributed by atoms with Crippen molar-refractivity contribution in [3.63, 3.8) is 0 Å². The van der Waals surface area contributed by atoms with Gasteiger partial charge in [0.2, 0.25) is 0 Å². The second kappa shape index (κ2) is 4.00. The van der Waals surface area contributed by atoms with Crippen molar-refractivity contribution < 1.29 is 9.47 Å². The molecule has 2 rings (SSSR count). The van der Waals surface area contributed by atoms with Crippen molar-refractivity contribution in [1.82, 2.24) is 0 Å². The van der Waals surface area contributed by atoms with Gasteiger partial charge < -0.3 is 9.94 Å². The van der Waals surface area contributed by atoms with E-state index in [2.05, 4.69) is 0 Å². The van der Waals surface area contributed by atoms with E-state index < -0.39 is 0 Å². The molecule has 3 heteroatoms. The van der Waals surface area contributed by atoms with Gasteiger partial charge >= 0.3 is 0 Å². The van der Waals surface area contributed by atoms with Gasteiger partial charge in [0.15, 0.2) is 12.4 Å². The Morgan fingerprint density at radius 2 is 1.47 bits per heavy atom. The largest absolute Gasteiger partial charge is 0.619 e. The third-order valence-corrected chi connectivity index (χ3v) is 2.03. The summed E-state index contributed by atoms with van der Waals surface area (Å²) in [5.74, 6) is 1.43. The predicted octanol–water partition coefficient (Wildman–Crippen LogP) is 2.42. The number of ether oxygens (including phenoxy) is 1. The lowest BCUT2D eigenvalue weighted by molar-refractivity contribution is -0.605. The van der Waals surface area contributed by atoms with Crippen LogP contribution in [0.1, 0.15) is 5.56 Å². The number of aryl methyl sites for hydroxylation is 1. The van der Waals surface area contributed by atoms with Crippen LogP contribution >= 0.6 is 0 Å². The number of nitrogens with zero attached hydrogens (tertiary/aromatic N) is 1. The molecule has 0 aliphatic heterocycles. The number of benzene rings is 1. The molecule has 0 amide bonds. The molecule has 76 valence electrons. The quantitative estimate of drug-likeness (QED) is 0.552. The zero-order chi connectivity index (χ0) is 10.7. The molecule has 0 N–H and O–H groups in total. The highest BCUT2D eigenvalue weighted by atomic mass is 16.5. The summed E-state index contributed by atoms with van der Waals surface area (Å²) < 4.78 is 6.26. The zero-order valence-electron chi connectivity index (χ0n) is 8.38. The zero-order valence-corrected chi connectivity index (χ0v) is 8.38. The van der Waals surface area contributed by atoms with Crippen LogP contribution < -0.4 is 9.47 Å². The molecule has 0 atom stereocenters. The molecular weight excluding hydrogens is 190 g/mol. The van der Waals surface area contributed by atoms with E-state index in [1.807, 2.05) is 31.2 Å². The minimum Gasteiger partial charge on any atom is -0.619 e. The molecule has 1 heterocycles. The fourth-order valence-electron chi connectivity index (χ4n) is 1.21. The third kappa shape index (κ3) is 2.47. The summed E-state index contributed by atoms with van der Waals surface area (Å²) in [6.07, 6.45) is 2.81. The Labute approximate surface area is 88.1 Å². The van der Waals surface area contributed by atoms with E-state index in [-0.39, 0.29) is 0 Å². The minimum absolute atomic E-state index is 0.658. The molecule has 0 unspecified atom stereocenters. The summed E-state index contributed by atoms with van der Waals surface area (Å²) in [7, 11) is 0. The second-order valence-electron chi connectivity index (χ2n) is 3.31. The first kappa shape index (κ1) is 9.52. The number of pyridine rings is 1. The molecule has 2 aromatic rings. The maximum atomic E-state index is 10.8. The number of aromatic nitrogens is 1. The minimum atomic E-state index is 0.658. The fraction of sp³-hybridized carbons (Fsp3) is 0.0833. The van der Waals surface area contributed by atoms with Gasteiger partial charge in [-0.15, -0.1) is 0 Å². The topological polar surface area (TPSA) is 36.2 Å². The van der Waals surface area contributed by atoms with Crippen LogP contribution in [0.5, 0.6) is 11.5 Å². The van der Waals surface area contributed by atoms with Crippen LogP contribution in [-0.4, -0.2) is 0 Å². The Balaban J connectivity index is 2.15. The lowest BCUT2D eigenvalue weighted by Crippen LogP contribution is -2.23. The summed E-state index contributed by atoms with van der Waals surface area (Å²) in [6, 6.07) is 11.0. The molecule has 0 saturated carbocycles. The lowest BCUT2D eigenvalue weighted by Gasteiger charge is -2.04. The molecule has 1 aromatic carbocycles. The van der Waals surface area contributed by atoms with Crippen LogP contribution in [0.15, 0.2) is 48.8 Å². The van der Waals surface area contributed by atoms with Crippen LogP contribution in [0.25, 0.3) is 0 Å². The van der Waals surface area contributed by atoms with Gasteiger partial charge in [-0.3, -0.25) is 0 Å². The van der Waals surface area contributed by atoms with Gasteiger partial charge in [-0.2, -0.15) is 4.73 Å². The van der Waals surface area contributed by atoms with Crippen LogP contribution in [0.4, 0.5) is 0 Å². The molecule has 3 nitrogen and oxygen atoms in total. The third-order valence-electron chi connectivity index (χ3n) is 2.03. The highest BCUT2D eigenvalue weighted by molar-refractivity contribution is 5.31. The fourth-order valence-corrected chi connectivity index (χ4v) is 1.21. The van der Waals surface area contributed by atoms with Crippen molar-refractivity contribution in [3.05, 3.63) is 59.6 Å². The van der Waals surface area contributed by atoms with Crippen LogP contribution in [0.3, 0.4) is 0 Å². The normalized spacial score (nSPS) is 9.93. The monoisotopic (exact) mass is 201 g/mol. The smallest absolute Gasteiger partial charge is 0.184 e. The summed E-state index contributed by atoms with van der Waals surface area (Å²) in [5.41, 5.74) is 1.19. The first-order chi connectivity index (χ1) is 7.24. The van der Waals surface area contributed by atoms with E-state index >= 15 is 0 Å². The predicted molar refractivity (Wildman–Crippen MR) is 56.7 cm³/mol. The van der Waals surface area contributed by atoms with Crippen molar-refractivity contribution >= 4 is 0 Å². The Morgan fingerprint density at radius 3 is 2.07 bits per heavy atom. The van der Waals surface area contributed by atoms with E-state index in [0.717, 1.165) is 10.5 Å². The van der Waals surface area contributed by atoms with E-state index in [1.165, 1.54) is 18.0 Å².